The van der Waals surface area contributed by atoms with E-state index in [-0.39, 0.29) is 6.04 Å². The number of nitrogens with zero attached hydrogens (tertiary/aromatic N) is 1. The lowest BCUT2D eigenvalue weighted by Crippen LogP contribution is -2.20. The number of anilines is 1. The van der Waals surface area contributed by atoms with Gasteiger partial charge in [-0.3, -0.25) is 0 Å². The van der Waals surface area contributed by atoms with Crippen LogP contribution in [0.1, 0.15) is 11.1 Å². The molecule has 1 atom stereocenters. The van der Waals surface area contributed by atoms with Crippen LogP contribution in [0.5, 0.6) is 0 Å². The second-order valence-electron chi connectivity index (χ2n) is 4.33. The molecule has 0 aromatic heterocycles. The third-order valence-corrected chi connectivity index (χ3v) is 2.91. The van der Waals surface area contributed by atoms with E-state index in [4.69, 9.17) is 0 Å². The van der Waals surface area contributed by atoms with Crippen LogP contribution in [0.15, 0.2) is 54.6 Å². The molecular formula is C16H16N2. The highest BCUT2D eigenvalue weighted by molar-refractivity contribution is 5.52. The number of hydrogen-bond acceptors (Lipinski definition) is 2. The third kappa shape index (κ3) is 3.11. The molecule has 2 aromatic carbocycles. The molecule has 2 rings (SSSR count). The van der Waals surface area contributed by atoms with Gasteiger partial charge in [-0.1, -0.05) is 48.5 Å². The highest BCUT2D eigenvalue weighted by Crippen LogP contribution is 2.15. The molecule has 2 nitrogen and oxygen atoms in total. The van der Waals surface area contributed by atoms with Crippen LogP contribution in [0.25, 0.3) is 0 Å². The zero-order valence-electron chi connectivity index (χ0n) is 10.4. The Bertz CT molecular complexity index is 541. The van der Waals surface area contributed by atoms with Crippen molar-refractivity contribution in [2.45, 2.75) is 19.4 Å². The molecule has 0 radical (unpaired) electrons. The van der Waals surface area contributed by atoms with E-state index < -0.39 is 0 Å². The summed E-state index contributed by atoms with van der Waals surface area (Å²) >= 11 is 0. The second-order valence-corrected chi connectivity index (χ2v) is 4.33. The van der Waals surface area contributed by atoms with Crippen molar-refractivity contribution < 1.29 is 0 Å². The van der Waals surface area contributed by atoms with Crippen LogP contribution in [-0.4, -0.2) is 6.04 Å². The molecule has 0 spiro atoms. The van der Waals surface area contributed by atoms with Crippen LogP contribution in [-0.2, 0) is 6.42 Å². The quantitative estimate of drug-likeness (QED) is 0.881. The zero-order valence-corrected chi connectivity index (χ0v) is 10.4. The second kappa shape index (κ2) is 5.88. The molecule has 0 aliphatic heterocycles. The molecule has 1 unspecified atom stereocenters. The fourth-order valence-corrected chi connectivity index (χ4v) is 1.90. The first-order chi connectivity index (χ1) is 8.79. The Morgan fingerprint density at radius 3 is 2.39 bits per heavy atom. The van der Waals surface area contributed by atoms with E-state index in [2.05, 4.69) is 11.4 Å². The normalized spacial score (nSPS) is 11.6. The van der Waals surface area contributed by atoms with Gasteiger partial charge in [-0.2, -0.15) is 5.26 Å². The minimum atomic E-state index is -0.200. The van der Waals surface area contributed by atoms with Gasteiger partial charge in [0.1, 0.15) is 6.04 Å². The topological polar surface area (TPSA) is 35.8 Å². The van der Waals surface area contributed by atoms with Gasteiger partial charge in [-0.05, 0) is 24.1 Å². The molecule has 0 aliphatic rings. The first-order valence-corrected chi connectivity index (χ1v) is 6.05. The highest BCUT2D eigenvalue weighted by atomic mass is 14.9. The van der Waals surface area contributed by atoms with Gasteiger partial charge in [0, 0.05) is 12.1 Å². The monoisotopic (exact) mass is 236 g/mol. The minimum absolute atomic E-state index is 0.200. The van der Waals surface area contributed by atoms with E-state index in [0.717, 1.165) is 11.3 Å². The third-order valence-electron chi connectivity index (χ3n) is 2.91. The van der Waals surface area contributed by atoms with Crippen LogP contribution in [0.2, 0.25) is 0 Å². The molecule has 0 fully saturated rings. The standard InChI is InChI=1S/C16H16N2/c1-13-7-5-6-10-16(13)18-15(12-17)11-14-8-3-2-4-9-14/h2-10,15,18H,11H2,1H3. The Kier molecular flexibility index (Phi) is 3.98. The summed E-state index contributed by atoms with van der Waals surface area (Å²) in [6.45, 7) is 2.04. The van der Waals surface area contributed by atoms with Gasteiger partial charge in [0.2, 0.25) is 0 Å². The number of aryl methyl sites for hydroxylation is 1. The van der Waals surface area contributed by atoms with Crippen molar-refractivity contribution in [2.75, 3.05) is 5.32 Å². The summed E-state index contributed by atoms with van der Waals surface area (Å²) < 4.78 is 0. The SMILES string of the molecule is Cc1ccccc1NC(C#N)Cc1ccccc1. The molecule has 0 saturated heterocycles. The van der Waals surface area contributed by atoms with Crippen molar-refractivity contribution >= 4 is 5.69 Å². The van der Waals surface area contributed by atoms with Crippen LogP contribution in [0.3, 0.4) is 0 Å². The fourth-order valence-electron chi connectivity index (χ4n) is 1.90. The summed E-state index contributed by atoms with van der Waals surface area (Å²) in [7, 11) is 0. The first kappa shape index (κ1) is 12.2. The molecular weight excluding hydrogens is 220 g/mol. The maximum absolute atomic E-state index is 9.23. The summed E-state index contributed by atoms with van der Waals surface area (Å²) in [5.74, 6) is 0. The number of para-hydroxylation sites is 1. The van der Waals surface area contributed by atoms with E-state index in [1.54, 1.807) is 0 Å². The average molecular weight is 236 g/mol. The molecule has 90 valence electrons. The molecule has 2 heteroatoms. The van der Waals surface area contributed by atoms with Crippen molar-refractivity contribution in [3.05, 3.63) is 65.7 Å². The van der Waals surface area contributed by atoms with Gasteiger partial charge in [0.15, 0.2) is 0 Å². The van der Waals surface area contributed by atoms with Gasteiger partial charge in [0.05, 0.1) is 6.07 Å². The number of rotatable bonds is 4. The fraction of sp³-hybridized carbons (Fsp3) is 0.188. The Labute approximate surface area is 108 Å². The van der Waals surface area contributed by atoms with Crippen molar-refractivity contribution in [3.8, 4) is 6.07 Å². The number of nitrogens with one attached hydrogen (secondary N) is 1. The van der Waals surface area contributed by atoms with Gasteiger partial charge >= 0.3 is 0 Å². The molecule has 0 heterocycles. The lowest BCUT2D eigenvalue weighted by molar-refractivity contribution is 0.875. The van der Waals surface area contributed by atoms with Gasteiger partial charge < -0.3 is 5.32 Å². The van der Waals surface area contributed by atoms with Crippen LogP contribution >= 0.6 is 0 Å². The summed E-state index contributed by atoms with van der Waals surface area (Å²) in [6.07, 6.45) is 0.714. The summed E-state index contributed by atoms with van der Waals surface area (Å²) in [6, 6.07) is 20.2. The Morgan fingerprint density at radius 1 is 1.06 bits per heavy atom. The van der Waals surface area contributed by atoms with Gasteiger partial charge in [-0.15, -0.1) is 0 Å². The van der Waals surface area contributed by atoms with Gasteiger partial charge in [0.25, 0.3) is 0 Å². The largest absolute Gasteiger partial charge is 0.369 e. The highest BCUT2D eigenvalue weighted by Gasteiger charge is 2.09. The smallest absolute Gasteiger partial charge is 0.118 e. The molecule has 0 bridgehead atoms. The predicted octanol–water partition coefficient (Wildman–Crippen LogP) is 3.54. The minimum Gasteiger partial charge on any atom is -0.369 e. The van der Waals surface area contributed by atoms with E-state index in [0.29, 0.717) is 6.42 Å². The first-order valence-electron chi connectivity index (χ1n) is 6.05. The van der Waals surface area contributed by atoms with Crippen molar-refractivity contribution in [3.63, 3.8) is 0 Å². The molecule has 0 amide bonds. The van der Waals surface area contributed by atoms with Crippen LogP contribution in [0, 0.1) is 18.3 Å². The van der Waals surface area contributed by atoms with E-state index in [1.807, 2.05) is 61.5 Å². The predicted molar refractivity (Wildman–Crippen MR) is 74.3 cm³/mol. The maximum Gasteiger partial charge on any atom is 0.118 e. The molecule has 2 aromatic rings. The summed E-state index contributed by atoms with van der Waals surface area (Å²) in [4.78, 5) is 0. The molecule has 0 saturated carbocycles. The van der Waals surface area contributed by atoms with Crippen LogP contribution in [0.4, 0.5) is 5.69 Å². The van der Waals surface area contributed by atoms with E-state index >= 15 is 0 Å². The van der Waals surface area contributed by atoms with Crippen LogP contribution < -0.4 is 5.32 Å². The number of hydrogen-bond donors (Lipinski definition) is 1. The molecule has 0 aliphatic carbocycles. The van der Waals surface area contributed by atoms with E-state index in [1.165, 1.54) is 5.56 Å². The van der Waals surface area contributed by atoms with Crippen molar-refractivity contribution in [1.82, 2.24) is 0 Å². The van der Waals surface area contributed by atoms with Gasteiger partial charge in [-0.25, -0.2) is 0 Å². The lowest BCUT2D eigenvalue weighted by Gasteiger charge is -2.14. The van der Waals surface area contributed by atoms with Crippen molar-refractivity contribution in [2.24, 2.45) is 0 Å². The lowest BCUT2D eigenvalue weighted by atomic mass is 10.1. The van der Waals surface area contributed by atoms with Crippen molar-refractivity contribution in [1.29, 1.82) is 5.26 Å². The average Bonchev–Trinajstić information content (AvgIpc) is 2.41. The molecule has 18 heavy (non-hydrogen) atoms. The Balaban J connectivity index is 2.07. The Hall–Kier alpha value is -2.27. The number of benzene rings is 2. The molecule has 1 N–H and O–H groups in total. The van der Waals surface area contributed by atoms with E-state index in [9.17, 15) is 5.26 Å². The Morgan fingerprint density at radius 2 is 1.72 bits per heavy atom. The maximum atomic E-state index is 9.23. The zero-order chi connectivity index (χ0) is 12.8. The summed E-state index contributed by atoms with van der Waals surface area (Å²) in [5.41, 5.74) is 3.36. The summed E-state index contributed by atoms with van der Waals surface area (Å²) in [5, 5.41) is 12.5. The number of nitriles is 1.